The Kier molecular flexibility index (Phi) is 3.47. The molecule has 0 aliphatic rings. The number of nitrogens with one attached hydrogen (secondary N) is 1. The summed E-state index contributed by atoms with van der Waals surface area (Å²) in [5.74, 6) is 5.66. The maximum absolute atomic E-state index is 12.5. The van der Waals surface area contributed by atoms with Crippen molar-refractivity contribution in [1.29, 1.82) is 0 Å². The molecule has 0 saturated carbocycles. The molecule has 19 heavy (non-hydrogen) atoms. The highest BCUT2D eigenvalue weighted by molar-refractivity contribution is 5.66. The maximum atomic E-state index is 12.5. The lowest BCUT2D eigenvalue weighted by Gasteiger charge is -2.24. The topological polar surface area (TPSA) is 71.5 Å². The third-order valence-electron chi connectivity index (χ3n) is 2.56. The largest absolute Gasteiger partial charge is 0.405 e. The number of hydrogen-bond acceptors (Lipinski definition) is 5. The van der Waals surface area contributed by atoms with Crippen molar-refractivity contribution in [3.8, 4) is 0 Å². The molecule has 0 aliphatic heterocycles. The second-order valence-electron chi connectivity index (χ2n) is 3.88. The molecule has 104 valence electrons. The van der Waals surface area contributed by atoms with Gasteiger partial charge in [-0.3, -0.25) is 0 Å². The first-order valence-corrected chi connectivity index (χ1v) is 5.56. The Morgan fingerprint density at radius 1 is 1.47 bits per heavy atom. The zero-order chi connectivity index (χ0) is 14.0. The highest BCUT2D eigenvalue weighted by atomic mass is 19.4. The second kappa shape index (κ2) is 4.92. The number of nitrogen functional groups attached to an aromatic ring is 1. The van der Waals surface area contributed by atoms with Gasteiger partial charge in [0.2, 0.25) is 0 Å². The monoisotopic (exact) mass is 274 g/mol. The Hall–Kier alpha value is -2.03. The summed E-state index contributed by atoms with van der Waals surface area (Å²) in [6.45, 7) is 0.686. The van der Waals surface area contributed by atoms with Crippen molar-refractivity contribution in [2.45, 2.75) is 13.1 Å². The molecule has 0 radical (unpaired) electrons. The van der Waals surface area contributed by atoms with E-state index in [2.05, 4.69) is 15.4 Å². The molecule has 2 heterocycles. The number of rotatable bonds is 4. The minimum absolute atomic E-state index is 0.139. The van der Waals surface area contributed by atoms with Crippen LogP contribution in [-0.4, -0.2) is 33.6 Å². The molecule has 3 N–H and O–H groups in total. The van der Waals surface area contributed by atoms with Crippen LogP contribution in [0.1, 0.15) is 6.92 Å². The van der Waals surface area contributed by atoms with Crippen molar-refractivity contribution in [3.63, 3.8) is 0 Å². The summed E-state index contributed by atoms with van der Waals surface area (Å²) in [5.41, 5.74) is 2.68. The van der Waals surface area contributed by atoms with E-state index in [1.807, 2.05) is 0 Å². The first-order chi connectivity index (χ1) is 8.94. The molecule has 2 aromatic rings. The zero-order valence-corrected chi connectivity index (χ0v) is 10.1. The fourth-order valence-electron chi connectivity index (χ4n) is 1.75. The number of nitrogens with two attached hydrogens (primary N) is 1. The Bertz CT molecular complexity index is 564. The predicted molar refractivity (Wildman–Crippen MR) is 64.7 cm³/mol. The molecule has 0 aromatic carbocycles. The molecule has 2 rings (SSSR count). The van der Waals surface area contributed by atoms with Crippen LogP contribution in [0.25, 0.3) is 5.65 Å². The number of hydrogen-bond donors (Lipinski definition) is 2. The maximum Gasteiger partial charge on any atom is 0.405 e. The fraction of sp³-hybridized carbons (Fsp3) is 0.400. The van der Waals surface area contributed by atoms with E-state index in [0.29, 0.717) is 5.65 Å². The molecule has 9 heteroatoms. The van der Waals surface area contributed by atoms with Crippen LogP contribution in [0, 0.1) is 0 Å². The molecule has 0 saturated heterocycles. The predicted octanol–water partition coefficient (Wildman–Crippen LogP) is 1.40. The molecular formula is C10H13F3N6. The van der Waals surface area contributed by atoms with E-state index in [1.165, 1.54) is 6.20 Å². The van der Waals surface area contributed by atoms with E-state index >= 15 is 0 Å². The van der Waals surface area contributed by atoms with Crippen molar-refractivity contribution < 1.29 is 13.2 Å². The third-order valence-corrected chi connectivity index (χ3v) is 2.56. The van der Waals surface area contributed by atoms with Gasteiger partial charge in [-0.05, 0) is 6.92 Å². The summed E-state index contributed by atoms with van der Waals surface area (Å²) in [6.07, 6.45) is 0.339. The lowest BCUT2D eigenvalue weighted by Crippen LogP contribution is -2.35. The number of anilines is 2. The number of aromatic nitrogens is 3. The van der Waals surface area contributed by atoms with Gasteiger partial charge >= 0.3 is 6.18 Å². The Balaban J connectivity index is 2.48. The molecule has 0 atom stereocenters. The van der Waals surface area contributed by atoms with E-state index in [9.17, 15) is 13.2 Å². The van der Waals surface area contributed by atoms with Crippen LogP contribution in [0.15, 0.2) is 18.6 Å². The molecule has 0 amide bonds. The van der Waals surface area contributed by atoms with Gasteiger partial charge in [0.1, 0.15) is 6.54 Å². The fourth-order valence-corrected chi connectivity index (χ4v) is 1.75. The minimum atomic E-state index is -4.31. The number of hydrazine groups is 1. The average molecular weight is 274 g/mol. The summed E-state index contributed by atoms with van der Waals surface area (Å²) in [5, 5.41) is 0. The number of halogens is 3. The Morgan fingerprint density at radius 3 is 2.79 bits per heavy atom. The molecule has 0 spiro atoms. The number of alkyl halides is 3. The van der Waals surface area contributed by atoms with Gasteiger partial charge in [-0.15, -0.1) is 0 Å². The Labute approximate surface area is 107 Å². The van der Waals surface area contributed by atoms with Crippen LogP contribution >= 0.6 is 0 Å². The van der Waals surface area contributed by atoms with Gasteiger partial charge in [-0.2, -0.15) is 13.2 Å². The second-order valence-corrected chi connectivity index (χ2v) is 3.88. The van der Waals surface area contributed by atoms with Gasteiger partial charge in [0.25, 0.3) is 0 Å². The summed E-state index contributed by atoms with van der Waals surface area (Å²) >= 11 is 0. The van der Waals surface area contributed by atoms with E-state index in [1.54, 1.807) is 23.7 Å². The van der Waals surface area contributed by atoms with Gasteiger partial charge in [0.05, 0.1) is 6.20 Å². The van der Waals surface area contributed by atoms with Crippen LogP contribution in [0.5, 0.6) is 0 Å². The SMILES string of the molecule is CCN(CC(F)(F)F)c1nc(NN)cn2ccnc12. The van der Waals surface area contributed by atoms with Crippen LogP contribution in [-0.2, 0) is 0 Å². The molecular weight excluding hydrogens is 261 g/mol. The van der Waals surface area contributed by atoms with Crippen molar-refractivity contribution in [2.24, 2.45) is 5.84 Å². The highest BCUT2D eigenvalue weighted by Gasteiger charge is 2.31. The molecule has 2 aromatic heterocycles. The quantitative estimate of drug-likeness (QED) is 0.651. The molecule has 0 bridgehead atoms. The molecule has 0 fully saturated rings. The first-order valence-electron chi connectivity index (χ1n) is 5.56. The minimum Gasteiger partial charge on any atom is -0.345 e. The average Bonchev–Trinajstić information content (AvgIpc) is 2.81. The van der Waals surface area contributed by atoms with E-state index in [-0.39, 0.29) is 18.2 Å². The molecule has 0 aliphatic carbocycles. The zero-order valence-electron chi connectivity index (χ0n) is 10.1. The lowest BCUT2D eigenvalue weighted by molar-refractivity contribution is -0.119. The number of imidazole rings is 1. The number of nitrogens with zero attached hydrogens (tertiary/aromatic N) is 4. The van der Waals surface area contributed by atoms with Crippen LogP contribution < -0.4 is 16.2 Å². The first kappa shape index (κ1) is 13.4. The highest BCUT2D eigenvalue weighted by Crippen LogP contribution is 2.24. The van der Waals surface area contributed by atoms with Gasteiger partial charge < -0.3 is 14.7 Å². The normalized spacial score (nSPS) is 11.8. The van der Waals surface area contributed by atoms with Gasteiger partial charge in [-0.25, -0.2) is 15.8 Å². The van der Waals surface area contributed by atoms with Crippen LogP contribution in [0.2, 0.25) is 0 Å². The third kappa shape index (κ3) is 2.87. The van der Waals surface area contributed by atoms with Crippen molar-refractivity contribution in [3.05, 3.63) is 18.6 Å². The molecule has 0 unspecified atom stereocenters. The summed E-state index contributed by atoms with van der Waals surface area (Å²) < 4.78 is 39.2. The van der Waals surface area contributed by atoms with Gasteiger partial charge in [-0.1, -0.05) is 0 Å². The molecule has 6 nitrogen and oxygen atoms in total. The van der Waals surface area contributed by atoms with E-state index in [4.69, 9.17) is 5.84 Å². The Morgan fingerprint density at radius 2 is 2.21 bits per heavy atom. The lowest BCUT2D eigenvalue weighted by atomic mass is 10.4. The smallest absolute Gasteiger partial charge is 0.345 e. The number of fused-ring (bicyclic) bond motifs is 1. The van der Waals surface area contributed by atoms with Gasteiger partial charge in [0.15, 0.2) is 17.3 Å². The van der Waals surface area contributed by atoms with E-state index in [0.717, 1.165) is 4.90 Å². The summed E-state index contributed by atoms with van der Waals surface area (Å²) in [4.78, 5) is 9.17. The van der Waals surface area contributed by atoms with Crippen molar-refractivity contribution in [2.75, 3.05) is 23.4 Å². The summed E-state index contributed by atoms with van der Waals surface area (Å²) in [6, 6.07) is 0. The van der Waals surface area contributed by atoms with Crippen molar-refractivity contribution >= 4 is 17.3 Å². The van der Waals surface area contributed by atoms with E-state index < -0.39 is 12.7 Å². The van der Waals surface area contributed by atoms with Gasteiger partial charge in [0, 0.05) is 18.9 Å². The van der Waals surface area contributed by atoms with Crippen molar-refractivity contribution in [1.82, 2.24) is 14.4 Å². The standard InChI is InChI=1S/C10H13F3N6/c1-2-18(6-10(11,12)13)9-8-15-3-4-19(8)5-7(16-9)17-14/h3-5,17H,2,6,14H2,1H3. The van der Waals surface area contributed by atoms with Crippen LogP contribution in [0.4, 0.5) is 24.8 Å². The van der Waals surface area contributed by atoms with Crippen LogP contribution in [0.3, 0.4) is 0 Å². The summed E-state index contributed by atoms with van der Waals surface area (Å²) in [7, 11) is 0.